The minimum atomic E-state index is -1.08. The lowest BCUT2D eigenvalue weighted by molar-refractivity contribution is -0.117. The average molecular weight is 376 g/mol. The van der Waals surface area contributed by atoms with Crippen molar-refractivity contribution < 1.29 is 14.6 Å². The number of nitrogens with two attached hydrogens (primary N) is 1. The zero-order valence-corrected chi connectivity index (χ0v) is 15.8. The van der Waals surface area contributed by atoms with Crippen LogP contribution in [0.1, 0.15) is 12.0 Å². The van der Waals surface area contributed by atoms with Crippen molar-refractivity contribution in [1.82, 2.24) is 0 Å². The number of anilines is 1. The van der Waals surface area contributed by atoms with Crippen molar-refractivity contribution in [2.24, 2.45) is 5.73 Å². The third-order valence-corrected chi connectivity index (χ3v) is 4.54. The first-order valence-corrected chi connectivity index (χ1v) is 9.11. The van der Waals surface area contributed by atoms with E-state index in [2.05, 4.69) is 35.6 Å². The SMILES string of the molecule is COC(O)Nc1cccc(-c2ccc(-c3ccccc3)cc2CCC(N)=O)c1. The van der Waals surface area contributed by atoms with Gasteiger partial charge in [0.05, 0.1) is 0 Å². The number of aryl methyl sites for hydroxylation is 1. The standard InChI is InChI=1S/C23H24N2O3/c1-28-23(27)25-20-9-5-8-18(15-20)21-12-10-17(16-6-3-2-4-7-16)14-19(21)11-13-22(24)26/h2-10,12,14-15,23,25,27H,11,13H2,1H3,(H2,24,26). The maximum Gasteiger partial charge on any atom is 0.235 e. The Balaban J connectivity index is 1.99. The molecule has 0 aliphatic rings. The van der Waals surface area contributed by atoms with Crippen LogP contribution < -0.4 is 11.1 Å². The zero-order valence-electron chi connectivity index (χ0n) is 15.8. The van der Waals surface area contributed by atoms with E-state index in [9.17, 15) is 9.90 Å². The summed E-state index contributed by atoms with van der Waals surface area (Å²) in [6.45, 7) is 0. The summed E-state index contributed by atoms with van der Waals surface area (Å²) in [4.78, 5) is 11.4. The lowest BCUT2D eigenvalue weighted by Gasteiger charge is -2.15. The maximum absolute atomic E-state index is 11.4. The number of hydrogen-bond acceptors (Lipinski definition) is 4. The summed E-state index contributed by atoms with van der Waals surface area (Å²) in [5.41, 5.74) is 11.4. The molecule has 5 heteroatoms. The summed E-state index contributed by atoms with van der Waals surface area (Å²) in [5.74, 6) is -0.324. The summed E-state index contributed by atoms with van der Waals surface area (Å²) < 4.78 is 4.85. The Morgan fingerprint density at radius 3 is 2.46 bits per heavy atom. The van der Waals surface area contributed by atoms with Crippen molar-refractivity contribution in [1.29, 1.82) is 0 Å². The van der Waals surface area contributed by atoms with Gasteiger partial charge < -0.3 is 20.9 Å². The van der Waals surface area contributed by atoms with Crippen molar-refractivity contribution in [3.05, 3.63) is 78.4 Å². The Morgan fingerprint density at radius 2 is 1.75 bits per heavy atom. The van der Waals surface area contributed by atoms with Crippen molar-refractivity contribution in [3.63, 3.8) is 0 Å². The molecular formula is C23H24N2O3. The van der Waals surface area contributed by atoms with Gasteiger partial charge in [-0.05, 0) is 46.4 Å². The van der Waals surface area contributed by atoms with E-state index in [1.807, 2.05) is 42.5 Å². The van der Waals surface area contributed by atoms with Crippen LogP contribution in [0.15, 0.2) is 72.8 Å². The van der Waals surface area contributed by atoms with Gasteiger partial charge in [0.2, 0.25) is 12.3 Å². The molecule has 3 aromatic rings. The zero-order chi connectivity index (χ0) is 19.9. The second kappa shape index (κ2) is 9.17. The monoisotopic (exact) mass is 376 g/mol. The van der Waals surface area contributed by atoms with E-state index in [0.717, 1.165) is 33.5 Å². The number of aliphatic hydroxyl groups is 1. The molecule has 1 amide bonds. The second-order valence-corrected chi connectivity index (χ2v) is 6.52. The molecule has 4 N–H and O–H groups in total. The molecule has 0 spiro atoms. The molecule has 0 saturated carbocycles. The number of rotatable bonds is 8. The quantitative estimate of drug-likeness (QED) is 0.523. The van der Waals surface area contributed by atoms with Gasteiger partial charge in [-0.2, -0.15) is 0 Å². The highest BCUT2D eigenvalue weighted by Gasteiger charge is 2.10. The van der Waals surface area contributed by atoms with Crippen LogP contribution in [0, 0.1) is 0 Å². The van der Waals surface area contributed by atoms with E-state index in [1.54, 1.807) is 0 Å². The summed E-state index contributed by atoms with van der Waals surface area (Å²) in [5, 5.41) is 12.5. The molecule has 0 radical (unpaired) electrons. The van der Waals surface area contributed by atoms with Crippen LogP contribution in [0.25, 0.3) is 22.3 Å². The molecule has 144 valence electrons. The van der Waals surface area contributed by atoms with Gasteiger partial charge in [-0.25, -0.2) is 0 Å². The van der Waals surface area contributed by atoms with Gasteiger partial charge in [-0.15, -0.1) is 0 Å². The van der Waals surface area contributed by atoms with E-state index < -0.39 is 6.41 Å². The number of amides is 1. The lowest BCUT2D eigenvalue weighted by Crippen LogP contribution is -2.20. The molecule has 3 rings (SSSR count). The normalized spacial score (nSPS) is 11.8. The molecule has 1 unspecified atom stereocenters. The first-order chi connectivity index (χ1) is 13.6. The van der Waals surface area contributed by atoms with Crippen LogP contribution in [0.4, 0.5) is 5.69 Å². The maximum atomic E-state index is 11.4. The van der Waals surface area contributed by atoms with Gasteiger partial charge in [0.25, 0.3) is 0 Å². The molecule has 0 fully saturated rings. The smallest absolute Gasteiger partial charge is 0.235 e. The minimum absolute atomic E-state index is 0.283. The fourth-order valence-electron chi connectivity index (χ4n) is 3.13. The van der Waals surface area contributed by atoms with Crippen LogP contribution in [0.2, 0.25) is 0 Å². The third kappa shape index (κ3) is 4.97. The fourth-order valence-corrected chi connectivity index (χ4v) is 3.13. The molecule has 3 aromatic carbocycles. The minimum Gasteiger partial charge on any atom is -0.370 e. The van der Waals surface area contributed by atoms with E-state index in [1.165, 1.54) is 7.11 Å². The summed E-state index contributed by atoms with van der Waals surface area (Å²) in [7, 11) is 1.42. The molecule has 0 aliphatic carbocycles. The van der Waals surface area contributed by atoms with Crippen LogP contribution >= 0.6 is 0 Å². The predicted octanol–water partition coefficient (Wildman–Crippen LogP) is 3.77. The van der Waals surface area contributed by atoms with Gasteiger partial charge in [-0.1, -0.05) is 60.7 Å². The van der Waals surface area contributed by atoms with Gasteiger partial charge >= 0.3 is 0 Å². The van der Waals surface area contributed by atoms with Crippen molar-refractivity contribution in [2.45, 2.75) is 19.3 Å². The molecule has 0 aliphatic heterocycles. The van der Waals surface area contributed by atoms with Crippen molar-refractivity contribution in [2.75, 3.05) is 12.4 Å². The highest BCUT2D eigenvalue weighted by Crippen LogP contribution is 2.31. The Hall–Kier alpha value is -3.15. The number of hydrogen-bond donors (Lipinski definition) is 3. The van der Waals surface area contributed by atoms with Crippen LogP contribution in [0.3, 0.4) is 0 Å². The summed E-state index contributed by atoms with van der Waals surface area (Å²) in [6.07, 6.45) is -0.236. The lowest BCUT2D eigenvalue weighted by atomic mass is 9.92. The number of nitrogens with one attached hydrogen (secondary N) is 1. The molecule has 1 atom stereocenters. The van der Waals surface area contributed by atoms with Crippen LogP contribution in [-0.4, -0.2) is 24.5 Å². The number of ether oxygens (including phenoxy) is 1. The highest BCUT2D eigenvalue weighted by atomic mass is 16.6. The Bertz CT molecular complexity index is 942. The summed E-state index contributed by atoms with van der Waals surface area (Å²) in [6, 6.07) is 24.0. The first-order valence-electron chi connectivity index (χ1n) is 9.11. The number of carbonyl (C=O) groups is 1. The van der Waals surface area contributed by atoms with Gasteiger partial charge in [0.15, 0.2) is 0 Å². The highest BCUT2D eigenvalue weighted by molar-refractivity contribution is 5.78. The van der Waals surface area contributed by atoms with E-state index in [-0.39, 0.29) is 12.3 Å². The molecule has 0 heterocycles. The fraction of sp³-hybridized carbons (Fsp3) is 0.174. The predicted molar refractivity (Wildman–Crippen MR) is 111 cm³/mol. The average Bonchev–Trinajstić information content (AvgIpc) is 2.72. The van der Waals surface area contributed by atoms with E-state index in [4.69, 9.17) is 10.5 Å². The van der Waals surface area contributed by atoms with E-state index in [0.29, 0.717) is 6.42 Å². The third-order valence-electron chi connectivity index (χ3n) is 4.54. The van der Waals surface area contributed by atoms with Crippen molar-refractivity contribution >= 4 is 11.6 Å². The molecule has 0 saturated heterocycles. The molecular weight excluding hydrogens is 352 g/mol. The number of primary amides is 1. The summed E-state index contributed by atoms with van der Waals surface area (Å²) >= 11 is 0. The number of methoxy groups -OCH3 is 1. The first kappa shape index (κ1) is 19.6. The molecule has 5 nitrogen and oxygen atoms in total. The topological polar surface area (TPSA) is 84.6 Å². The van der Waals surface area contributed by atoms with Crippen LogP contribution in [0.5, 0.6) is 0 Å². The van der Waals surface area contributed by atoms with Crippen LogP contribution in [-0.2, 0) is 16.0 Å². The Morgan fingerprint density at radius 1 is 1.00 bits per heavy atom. The number of benzene rings is 3. The van der Waals surface area contributed by atoms with Gasteiger partial charge in [0.1, 0.15) is 0 Å². The van der Waals surface area contributed by atoms with Crippen molar-refractivity contribution in [3.8, 4) is 22.3 Å². The Kier molecular flexibility index (Phi) is 6.42. The van der Waals surface area contributed by atoms with Gasteiger partial charge in [-0.3, -0.25) is 4.79 Å². The Labute approximate surface area is 164 Å². The second-order valence-electron chi connectivity index (χ2n) is 6.52. The largest absolute Gasteiger partial charge is 0.370 e. The number of aliphatic hydroxyl groups excluding tert-OH is 1. The molecule has 0 aromatic heterocycles. The molecule has 28 heavy (non-hydrogen) atoms. The molecule has 0 bridgehead atoms. The van der Waals surface area contributed by atoms with E-state index >= 15 is 0 Å². The van der Waals surface area contributed by atoms with Gasteiger partial charge in [0, 0.05) is 19.2 Å². The number of carbonyl (C=O) groups excluding carboxylic acids is 1.